The van der Waals surface area contributed by atoms with Crippen molar-refractivity contribution in [3.63, 3.8) is 0 Å². The maximum atomic E-state index is 12.1. The highest BCUT2D eigenvalue weighted by Gasteiger charge is 2.34. The van der Waals surface area contributed by atoms with Crippen molar-refractivity contribution in [2.45, 2.75) is 6.18 Å². The van der Waals surface area contributed by atoms with Crippen molar-refractivity contribution in [1.82, 2.24) is 0 Å². The van der Waals surface area contributed by atoms with Crippen LogP contribution in [0.5, 0.6) is 0 Å². The monoisotopic (exact) mass is 170 g/mol. The van der Waals surface area contributed by atoms with Gasteiger partial charge in [-0.25, -0.2) is 0 Å². The van der Waals surface area contributed by atoms with Gasteiger partial charge in [-0.15, -0.1) is 11.3 Å². The summed E-state index contributed by atoms with van der Waals surface area (Å²) < 4.78 is 47.1. The fourth-order valence-corrected chi connectivity index (χ4v) is 1.13. The van der Waals surface area contributed by atoms with E-state index in [4.69, 9.17) is 0 Å². The van der Waals surface area contributed by atoms with Gasteiger partial charge in [0, 0.05) is 0 Å². The van der Waals surface area contributed by atoms with Crippen molar-refractivity contribution in [3.05, 3.63) is 22.1 Å². The lowest BCUT2D eigenvalue weighted by molar-refractivity contribution is -0.139. The smallest absolute Gasteiger partial charge is 0.194 e. The third-order valence-electron chi connectivity index (χ3n) is 0.923. The molecule has 0 saturated carbocycles. The molecule has 0 nitrogen and oxygen atoms in total. The second-order valence-electron chi connectivity index (χ2n) is 1.61. The van der Waals surface area contributed by atoms with Gasteiger partial charge >= 0.3 is 6.18 Å². The Labute approximate surface area is 58.1 Å². The average molecular weight is 170 g/mol. The molecule has 0 aromatic carbocycles. The molecule has 1 heterocycles. The van der Waals surface area contributed by atoms with Gasteiger partial charge in [0.25, 0.3) is 0 Å². The van der Waals surface area contributed by atoms with Crippen molar-refractivity contribution in [2.75, 3.05) is 0 Å². The number of rotatable bonds is 0. The molecule has 0 saturated heterocycles. The number of alkyl halides is 3. The van der Waals surface area contributed by atoms with Crippen LogP contribution in [0.2, 0.25) is 0 Å². The summed E-state index contributed by atoms with van der Waals surface area (Å²) in [4.78, 5) is 0. The zero-order chi connectivity index (χ0) is 7.78. The second-order valence-corrected chi connectivity index (χ2v) is 2.47. The molecule has 0 N–H and O–H groups in total. The quantitative estimate of drug-likeness (QED) is 0.525. The standard InChI is InChI=1S/C5H2F4S/c6-4-3(1-2-10-4)5(7,8)9/h1-2H. The SMILES string of the molecule is Fc1sccc1C(F)(F)F. The molecule has 1 rings (SSSR count). The molecule has 0 unspecified atom stereocenters. The molecule has 0 fully saturated rings. The highest BCUT2D eigenvalue weighted by molar-refractivity contribution is 7.08. The summed E-state index contributed by atoms with van der Waals surface area (Å²) in [5.41, 5.74) is -1.18. The Bertz CT molecular complexity index is 224. The van der Waals surface area contributed by atoms with E-state index in [9.17, 15) is 17.6 Å². The molecule has 0 aliphatic heterocycles. The van der Waals surface area contributed by atoms with Gasteiger partial charge in [0.1, 0.15) is 5.56 Å². The lowest BCUT2D eigenvalue weighted by Crippen LogP contribution is -2.04. The minimum Gasteiger partial charge on any atom is -0.194 e. The van der Waals surface area contributed by atoms with E-state index < -0.39 is 16.9 Å². The van der Waals surface area contributed by atoms with E-state index in [0.717, 1.165) is 11.4 Å². The highest BCUT2D eigenvalue weighted by Crippen LogP contribution is 2.33. The second kappa shape index (κ2) is 2.23. The summed E-state index contributed by atoms with van der Waals surface area (Å²) in [6, 6.07) is 0.722. The summed E-state index contributed by atoms with van der Waals surface area (Å²) >= 11 is 0.445. The van der Waals surface area contributed by atoms with Crippen molar-refractivity contribution in [3.8, 4) is 0 Å². The minimum absolute atomic E-state index is 0.445. The molecule has 0 aliphatic rings. The number of hydrogen-bond donors (Lipinski definition) is 0. The first-order valence-electron chi connectivity index (χ1n) is 2.32. The number of hydrogen-bond acceptors (Lipinski definition) is 1. The summed E-state index contributed by atoms with van der Waals surface area (Å²) in [5.74, 6) is 0. The molecule has 0 atom stereocenters. The highest BCUT2D eigenvalue weighted by atomic mass is 32.1. The van der Waals surface area contributed by atoms with Crippen LogP contribution in [0.4, 0.5) is 17.6 Å². The zero-order valence-electron chi connectivity index (χ0n) is 4.57. The first-order valence-corrected chi connectivity index (χ1v) is 3.20. The average Bonchev–Trinajstić information content (AvgIpc) is 2.11. The Morgan fingerprint density at radius 2 is 1.90 bits per heavy atom. The molecule has 5 heteroatoms. The Morgan fingerprint density at radius 1 is 1.30 bits per heavy atom. The van der Waals surface area contributed by atoms with Crippen LogP contribution in [0.15, 0.2) is 11.4 Å². The van der Waals surface area contributed by atoms with Gasteiger partial charge < -0.3 is 0 Å². The van der Waals surface area contributed by atoms with E-state index in [2.05, 4.69) is 0 Å². The van der Waals surface area contributed by atoms with Crippen LogP contribution < -0.4 is 0 Å². The van der Waals surface area contributed by atoms with Gasteiger partial charge in [-0.3, -0.25) is 0 Å². The van der Waals surface area contributed by atoms with Gasteiger partial charge in [-0.1, -0.05) is 0 Å². The lowest BCUT2D eigenvalue weighted by Gasteiger charge is -2.01. The van der Waals surface area contributed by atoms with Crippen LogP contribution in [0.25, 0.3) is 0 Å². The summed E-state index contributed by atoms with van der Waals surface area (Å²) in [7, 11) is 0. The predicted molar refractivity (Wildman–Crippen MR) is 29.3 cm³/mol. The first-order chi connectivity index (χ1) is 4.52. The fourth-order valence-electron chi connectivity index (χ4n) is 0.497. The molecule has 56 valence electrons. The van der Waals surface area contributed by atoms with Crippen molar-refractivity contribution in [2.24, 2.45) is 0 Å². The van der Waals surface area contributed by atoms with Gasteiger partial charge in [0.2, 0.25) is 0 Å². The molecule has 0 radical (unpaired) electrons. The van der Waals surface area contributed by atoms with Crippen molar-refractivity contribution >= 4 is 11.3 Å². The first kappa shape index (κ1) is 7.53. The van der Waals surface area contributed by atoms with Gasteiger partial charge in [-0.05, 0) is 11.4 Å². The maximum absolute atomic E-state index is 12.1. The third-order valence-corrected chi connectivity index (χ3v) is 1.62. The van der Waals surface area contributed by atoms with Crippen LogP contribution in [0.1, 0.15) is 5.56 Å². The zero-order valence-corrected chi connectivity index (χ0v) is 5.39. The van der Waals surface area contributed by atoms with E-state index in [0.29, 0.717) is 11.3 Å². The Hall–Kier alpha value is -0.580. The molecule has 0 bridgehead atoms. The predicted octanol–water partition coefficient (Wildman–Crippen LogP) is 2.91. The van der Waals surface area contributed by atoms with Crippen LogP contribution in [0.3, 0.4) is 0 Å². The molecule has 0 aliphatic carbocycles. The minimum atomic E-state index is -4.55. The summed E-state index contributed by atoms with van der Waals surface area (Å²) in [6.07, 6.45) is -4.55. The largest absolute Gasteiger partial charge is 0.420 e. The molecular formula is C5H2F4S. The van der Waals surface area contributed by atoms with Crippen LogP contribution in [0, 0.1) is 5.13 Å². The molecule has 1 aromatic rings. The molecule has 10 heavy (non-hydrogen) atoms. The lowest BCUT2D eigenvalue weighted by atomic mass is 10.3. The van der Waals surface area contributed by atoms with E-state index in [1.807, 2.05) is 0 Å². The maximum Gasteiger partial charge on any atom is 0.420 e. The topological polar surface area (TPSA) is 0 Å². The van der Waals surface area contributed by atoms with E-state index in [-0.39, 0.29) is 0 Å². The molecular weight excluding hydrogens is 168 g/mol. The molecule has 0 spiro atoms. The van der Waals surface area contributed by atoms with Crippen LogP contribution >= 0.6 is 11.3 Å². The normalized spacial score (nSPS) is 12.0. The number of thiophene rings is 1. The Balaban J connectivity index is 3.05. The Morgan fingerprint density at radius 3 is 2.10 bits per heavy atom. The van der Waals surface area contributed by atoms with Gasteiger partial charge in [0.05, 0.1) is 0 Å². The number of halogens is 4. The van der Waals surface area contributed by atoms with Gasteiger partial charge in [0.15, 0.2) is 5.13 Å². The molecule has 0 amide bonds. The van der Waals surface area contributed by atoms with Crippen molar-refractivity contribution < 1.29 is 17.6 Å². The third kappa shape index (κ3) is 1.29. The summed E-state index contributed by atoms with van der Waals surface area (Å²) in [5, 5.41) is -0.106. The van der Waals surface area contributed by atoms with Crippen molar-refractivity contribution in [1.29, 1.82) is 0 Å². The fraction of sp³-hybridized carbons (Fsp3) is 0.200. The molecule has 1 aromatic heterocycles. The Kier molecular flexibility index (Phi) is 1.68. The summed E-state index contributed by atoms with van der Waals surface area (Å²) in [6.45, 7) is 0. The van der Waals surface area contributed by atoms with Crippen LogP contribution in [-0.4, -0.2) is 0 Å². The van der Waals surface area contributed by atoms with Gasteiger partial charge in [-0.2, -0.15) is 17.6 Å². The van der Waals surface area contributed by atoms with Crippen LogP contribution in [-0.2, 0) is 6.18 Å². The van der Waals surface area contributed by atoms with E-state index >= 15 is 0 Å². The van der Waals surface area contributed by atoms with E-state index in [1.54, 1.807) is 0 Å². The van der Waals surface area contributed by atoms with E-state index in [1.165, 1.54) is 0 Å².